The van der Waals surface area contributed by atoms with Crippen molar-refractivity contribution < 1.29 is 4.79 Å². The summed E-state index contributed by atoms with van der Waals surface area (Å²) >= 11 is 5.10. The van der Waals surface area contributed by atoms with Gasteiger partial charge in [0, 0.05) is 6.54 Å². The van der Waals surface area contributed by atoms with Crippen LogP contribution < -0.4 is 0 Å². The largest absolute Gasteiger partial charge is 0.293 e. The minimum Gasteiger partial charge on any atom is -0.293 e. The van der Waals surface area contributed by atoms with E-state index in [1.807, 2.05) is 30.0 Å². The van der Waals surface area contributed by atoms with Gasteiger partial charge in [-0.25, -0.2) is 0 Å². The minimum atomic E-state index is 0.172. The molecule has 2 heterocycles. The number of aromatic nitrogens is 2. The predicted molar refractivity (Wildman–Crippen MR) is 82.1 cm³/mol. The van der Waals surface area contributed by atoms with E-state index in [0.29, 0.717) is 6.42 Å². The van der Waals surface area contributed by atoms with Crippen LogP contribution in [0.3, 0.4) is 0 Å². The van der Waals surface area contributed by atoms with Gasteiger partial charge in [-0.3, -0.25) is 9.48 Å². The Morgan fingerprint density at radius 2 is 2.21 bits per heavy atom. The van der Waals surface area contributed by atoms with Crippen molar-refractivity contribution in [2.24, 2.45) is 0 Å². The van der Waals surface area contributed by atoms with Crippen molar-refractivity contribution in [3.8, 4) is 0 Å². The Kier molecular flexibility index (Phi) is 4.58. The van der Waals surface area contributed by atoms with Crippen LogP contribution in [0.5, 0.6) is 0 Å². The van der Waals surface area contributed by atoms with E-state index in [4.69, 9.17) is 0 Å². The number of halogens is 1. The lowest BCUT2D eigenvalue weighted by molar-refractivity contribution is 0.0993. The van der Waals surface area contributed by atoms with Gasteiger partial charge in [0.1, 0.15) is 0 Å². The Balaban J connectivity index is 2.31. The van der Waals surface area contributed by atoms with Crippen molar-refractivity contribution in [2.45, 2.75) is 40.2 Å². The molecular weight excluding hydrogens is 324 g/mol. The fourth-order valence-electron chi connectivity index (χ4n) is 2.08. The quantitative estimate of drug-likeness (QED) is 0.770. The Hall–Kier alpha value is -0.940. The predicted octanol–water partition coefficient (Wildman–Crippen LogP) is 4.02. The monoisotopic (exact) mass is 340 g/mol. The first-order chi connectivity index (χ1) is 9.08. The molecule has 0 spiro atoms. The van der Waals surface area contributed by atoms with Gasteiger partial charge in [-0.05, 0) is 53.2 Å². The molecule has 5 heteroatoms. The zero-order valence-electron chi connectivity index (χ0n) is 11.4. The van der Waals surface area contributed by atoms with Gasteiger partial charge in [0.15, 0.2) is 5.78 Å². The number of ketones is 1. The van der Waals surface area contributed by atoms with Crippen LogP contribution in [-0.4, -0.2) is 15.6 Å². The molecule has 0 bridgehead atoms. The summed E-state index contributed by atoms with van der Waals surface area (Å²) in [5.41, 5.74) is 3.06. The second-order valence-corrected chi connectivity index (χ2v) is 6.12. The van der Waals surface area contributed by atoms with Gasteiger partial charge >= 0.3 is 0 Å². The summed E-state index contributed by atoms with van der Waals surface area (Å²) in [5, 5.41) is 6.49. The van der Waals surface area contributed by atoms with Crippen LogP contribution in [0.25, 0.3) is 0 Å². The molecule has 3 nitrogen and oxygen atoms in total. The molecule has 2 aromatic heterocycles. The SMILES string of the molecule is CCc1nn(CC)c(CC(=O)c2sccc2C)c1Br. The molecule has 102 valence electrons. The highest BCUT2D eigenvalue weighted by molar-refractivity contribution is 9.10. The Labute approximate surface area is 125 Å². The van der Waals surface area contributed by atoms with E-state index >= 15 is 0 Å². The molecule has 0 aliphatic carbocycles. The van der Waals surface area contributed by atoms with Gasteiger partial charge in [-0.1, -0.05) is 6.92 Å². The fraction of sp³-hybridized carbons (Fsp3) is 0.429. The van der Waals surface area contributed by atoms with Gasteiger partial charge in [-0.15, -0.1) is 11.3 Å². The van der Waals surface area contributed by atoms with E-state index in [1.54, 1.807) is 0 Å². The maximum Gasteiger partial charge on any atom is 0.179 e. The number of carbonyl (C=O) groups excluding carboxylic acids is 1. The maximum atomic E-state index is 12.4. The summed E-state index contributed by atoms with van der Waals surface area (Å²) in [6.07, 6.45) is 1.27. The standard InChI is InChI=1S/C14H17BrN2OS/c1-4-10-13(15)11(17(5-2)16-10)8-12(18)14-9(3)6-7-19-14/h6-7H,4-5,8H2,1-3H3. The van der Waals surface area contributed by atoms with Crippen LogP contribution >= 0.6 is 27.3 Å². The number of carbonyl (C=O) groups is 1. The van der Waals surface area contributed by atoms with Crippen molar-refractivity contribution in [3.05, 3.63) is 37.7 Å². The van der Waals surface area contributed by atoms with Crippen molar-refractivity contribution in [3.63, 3.8) is 0 Å². The van der Waals surface area contributed by atoms with E-state index in [0.717, 1.165) is 39.3 Å². The van der Waals surface area contributed by atoms with Crippen molar-refractivity contribution in [1.82, 2.24) is 9.78 Å². The number of nitrogens with zero attached hydrogens (tertiary/aromatic N) is 2. The van der Waals surface area contributed by atoms with E-state index in [9.17, 15) is 4.79 Å². The number of hydrogen-bond donors (Lipinski definition) is 0. The summed E-state index contributed by atoms with van der Waals surface area (Å²) in [7, 11) is 0. The van der Waals surface area contributed by atoms with Crippen LogP contribution in [0.4, 0.5) is 0 Å². The molecular formula is C14H17BrN2OS. The maximum absolute atomic E-state index is 12.4. The van der Waals surface area contributed by atoms with E-state index in [-0.39, 0.29) is 5.78 Å². The van der Waals surface area contributed by atoms with Gasteiger partial charge in [0.05, 0.1) is 27.2 Å². The molecule has 2 aromatic rings. The lowest BCUT2D eigenvalue weighted by Crippen LogP contribution is -2.09. The first-order valence-corrected chi connectivity index (χ1v) is 8.07. The van der Waals surface area contributed by atoms with Crippen molar-refractivity contribution >= 4 is 33.0 Å². The summed E-state index contributed by atoms with van der Waals surface area (Å²) in [6.45, 7) is 6.88. The highest BCUT2D eigenvalue weighted by atomic mass is 79.9. The second kappa shape index (κ2) is 6.01. The lowest BCUT2D eigenvalue weighted by atomic mass is 10.1. The van der Waals surface area contributed by atoms with E-state index < -0.39 is 0 Å². The fourth-order valence-corrected chi connectivity index (χ4v) is 3.65. The average Bonchev–Trinajstić information content (AvgIpc) is 2.95. The zero-order chi connectivity index (χ0) is 14.0. The van der Waals surface area contributed by atoms with Crippen LogP contribution in [0.1, 0.15) is 40.5 Å². The summed E-state index contributed by atoms with van der Waals surface area (Å²) < 4.78 is 2.91. The first-order valence-electron chi connectivity index (χ1n) is 6.39. The molecule has 19 heavy (non-hydrogen) atoms. The van der Waals surface area contributed by atoms with E-state index in [1.165, 1.54) is 11.3 Å². The topological polar surface area (TPSA) is 34.9 Å². The third-order valence-corrected chi connectivity index (χ3v) is 5.11. The molecule has 0 amide bonds. The number of thiophene rings is 1. The summed E-state index contributed by atoms with van der Waals surface area (Å²) in [6, 6.07) is 1.99. The third kappa shape index (κ3) is 2.82. The Bertz CT molecular complexity index is 601. The molecule has 0 unspecified atom stereocenters. The molecule has 0 fully saturated rings. The number of Topliss-reactive ketones (excluding diaryl/α,β-unsaturated/α-hetero) is 1. The highest BCUT2D eigenvalue weighted by Gasteiger charge is 2.19. The molecule has 0 atom stereocenters. The van der Waals surface area contributed by atoms with Crippen LogP contribution in [0.2, 0.25) is 0 Å². The molecule has 0 saturated heterocycles. The molecule has 0 N–H and O–H groups in total. The van der Waals surface area contributed by atoms with Crippen molar-refractivity contribution in [2.75, 3.05) is 0 Å². The van der Waals surface area contributed by atoms with Gasteiger partial charge in [0.25, 0.3) is 0 Å². The minimum absolute atomic E-state index is 0.172. The number of hydrogen-bond acceptors (Lipinski definition) is 3. The molecule has 0 aliphatic rings. The second-order valence-electron chi connectivity index (χ2n) is 4.41. The normalized spacial score (nSPS) is 10.9. The van der Waals surface area contributed by atoms with E-state index in [2.05, 4.69) is 28.0 Å². The molecule has 0 radical (unpaired) electrons. The van der Waals surface area contributed by atoms with Gasteiger partial charge < -0.3 is 0 Å². The Morgan fingerprint density at radius 3 is 2.74 bits per heavy atom. The average molecular weight is 341 g/mol. The lowest BCUT2D eigenvalue weighted by Gasteiger charge is -2.04. The molecule has 0 saturated carbocycles. The summed E-state index contributed by atoms with van der Waals surface area (Å²) in [4.78, 5) is 13.2. The highest BCUT2D eigenvalue weighted by Crippen LogP contribution is 2.25. The van der Waals surface area contributed by atoms with Gasteiger partial charge in [-0.2, -0.15) is 5.10 Å². The van der Waals surface area contributed by atoms with Crippen LogP contribution in [-0.2, 0) is 19.4 Å². The molecule has 0 aliphatic heterocycles. The zero-order valence-corrected chi connectivity index (χ0v) is 13.8. The first kappa shape index (κ1) is 14.5. The molecule has 2 rings (SSSR count). The summed E-state index contributed by atoms with van der Waals surface area (Å²) in [5.74, 6) is 0.172. The van der Waals surface area contributed by atoms with Gasteiger partial charge in [0.2, 0.25) is 0 Å². The number of aryl methyl sites for hydroxylation is 3. The van der Waals surface area contributed by atoms with Crippen molar-refractivity contribution in [1.29, 1.82) is 0 Å². The van der Waals surface area contributed by atoms with Crippen LogP contribution in [0, 0.1) is 6.92 Å². The molecule has 0 aromatic carbocycles. The third-order valence-electron chi connectivity index (χ3n) is 3.14. The number of rotatable bonds is 5. The smallest absolute Gasteiger partial charge is 0.179 e. The van der Waals surface area contributed by atoms with Crippen LogP contribution in [0.15, 0.2) is 15.9 Å². The Morgan fingerprint density at radius 1 is 1.47 bits per heavy atom.